The highest BCUT2D eigenvalue weighted by atomic mass is 127. The summed E-state index contributed by atoms with van der Waals surface area (Å²) in [5.74, 6) is 0.275. The van der Waals surface area contributed by atoms with Crippen LogP contribution in [0.1, 0.15) is 24.2 Å². The highest BCUT2D eigenvalue weighted by molar-refractivity contribution is 14.0. The number of nitrogens with one attached hydrogen (secondary N) is 1. The number of guanidine groups is 1. The summed E-state index contributed by atoms with van der Waals surface area (Å²) in [6, 6.07) is 15.0. The average Bonchev–Trinajstić information content (AvgIpc) is 2.54. The smallest absolute Gasteiger partial charge is 0.193 e. The van der Waals surface area contributed by atoms with Gasteiger partial charge in [0.15, 0.2) is 5.96 Å². The van der Waals surface area contributed by atoms with E-state index in [1.807, 2.05) is 24.3 Å². The lowest BCUT2D eigenvalue weighted by atomic mass is 10.1. The van der Waals surface area contributed by atoms with Crippen LogP contribution in [0.2, 0.25) is 5.02 Å². The minimum Gasteiger partial charge on any atom is -0.386 e. The van der Waals surface area contributed by atoms with Crippen molar-refractivity contribution < 1.29 is 5.11 Å². The van der Waals surface area contributed by atoms with Crippen molar-refractivity contribution >= 4 is 47.2 Å². The predicted octanol–water partition coefficient (Wildman–Crippen LogP) is 3.98. The number of rotatable bonds is 5. The quantitative estimate of drug-likeness (QED) is 0.370. The normalized spacial score (nSPS) is 12.4. The minimum absolute atomic E-state index is 0. The standard InChI is InChI=1S/C17H20ClN3O.HI/c1-2-12-3-9-15(10-4-12)21-17(19)20-11-16(22)13-5-7-14(18)8-6-13;/h3-10,16,22H,2,11H2,1H3,(H3,19,20,21);1H. The maximum Gasteiger partial charge on any atom is 0.193 e. The fourth-order valence-corrected chi connectivity index (χ4v) is 2.11. The third kappa shape index (κ3) is 6.37. The third-order valence-electron chi connectivity index (χ3n) is 3.32. The maximum absolute atomic E-state index is 10.1. The molecular formula is C17H21ClIN3O. The number of halogens is 2. The van der Waals surface area contributed by atoms with Gasteiger partial charge in [0.05, 0.1) is 12.6 Å². The number of aliphatic imine (C=N–C) groups is 1. The van der Waals surface area contributed by atoms with Crippen LogP contribution in [-0.2, 0) is 6.42 Å². The molecule has 0 aliphatic heterocycles. The second-order valence-electron chi connectivity index (χ2n) is 4.97. The Morgan fingerprint density at radius 2 is 1.78 bits per heavy atom. The molecule has 1 atom stereocenters. The van der Waals surface area contributed by atoms with E-state index >= 15 is 0 Å². The van der Waals surface area contributed by atoms with Crippen LogP contribution in [0.4, 0.5) is 5.69 Å². The number of benzene rings is 2. The van der Waals surface area contributed by atoms with Gasteiger partial charge in [0.1, 0.15) is 0 Å². The van der Waals surface area contributed by atoms with Gasteiger partial charge < -0.3 is 16.2 Å². The minimum atomic E-state index is -0.708. The van der Waals surface area contributed by atoms with Crippen LogP contribution >= 0.6 is 35.6 Å². The molecule has 4 N–H and O–H groups in total. The first-order valence-corrected chi connectivity index (χ1v) is 7.55. The molecule has 0 radical (unpaired) electrons. The van der Waals surface area contributed by atoms with Gasteiger partial charge in [-0.1, -0.05) is 42.8 Å². The van der Waals surface area contributed by atoms with E-state index in [4.69, 9.17) is 17.3 Å². The molecule has 1 unspecified atom stereocenters. The van der Waals surface area contributed by atoms with Crippen molar-refractivity contribution in [3.05, 3.63) is 64.7 Å². The van der Waals surface area contributed by atoms with Gasteiger partial charge in [-0.25, -0.2) is 0 Å². The topological polar surface area (TPSA) is 70.6 Å². The Hall–Kier alpha value is -1.31. The van der Waals surface area contributed by atoms with Gasteiger partial charge in [-0.3, -0.25) is 4.99 Å². The van der Waals surface area contributed by atoms with Crippen molar-refractivity contribution in [2.24, 2.45) is 10.7 Å². The van der Waals surface area contributed by atoms with Crippen LogP contribution in [0.25, 0.3) is 0 Å². The van der Waals surface area contributed by atoms with E-state index in [0.717, 1.165) is 17.7 Å². The zero-order chi connectivity index (χ0) is 15.9. The number of aliphatic hydroxyl groups excluding tert-OH is 1. The van der Waals surface area contributed by atoms with Crippen molar-refractivity contribution in [2.45, 2.75) is 19.4 Å². The Labute approximate surface area is 158 Å². The molecule has 0 amide bonds. The Morgan fingerprint density at radius 1 is 1.17 bits per heavy atom. The predicted molar refractivity (Wildman–Crippen MR) is 108 cm³/mol. The monoisotopic (exact) mass is 445 g/mol. The van der Waals surface area contributed by atoms with E-state index in [1.54, 1.807) is 24.3 Å². The largest absolute Gasteiger partial charge is 0.386 e. The average molecular weight is 446 g/mol. The molecule has 0 aliphatic rings. The van der Waals surface area contributed by atoms with Crippen molar-refractivity contribution in [2.75, 3.05) is 11.9 Å². The van der Waals surface area contributed by atoms with Gasteiger partial charge in [-0.05, 0) is 41.8 Å². The molecule has 23 heavy (non-hydrogen) atoms. The van der Waals surface area contributed by atoms with Crippen molar-refractivity contribution in [3.8, 4) is 0 Å². The molecule has 4 nitrogen and oxygen atoms in total. The number of aliphatic hydroxyl groups is 1. The van der Waals surface area contributed by atoms with Gasteiger partial charge in [0.2, 0.25) is 0 Å². The number of anilines is 1. The Balaban J connectivity index is 0.00000264. The van der Waals surface area contributed by atoms with Gasteiger partial charge in [-0.15, -0.1) is 24.0 Å². The fraction of sp³-hybridized carbons (Fsp3) is 0.235. The number of hydrogen-bond donors (Lipinski definition) is 3. The Bertz CT molecular complexity index is 629. The third-order valence-corrected chi connectivity index (χ3v) is 3.58. The lowest BCUT2D eigenvalue weighted by Crippen LogP contribution is -2.23. The maximum atomic E-state index is 10.1. The number of nitrogens with zero attached hydrogens (tertiary/aromatic N) is 1. The number of aryl methyl sites for hydroxylation is 1. The van der Waals surface area contributed by atoms with E-state index in [1.165, 1.54) is 5.56 Å². The molecule has 2 aromatic rings. The molecule has 6 heteroatoms. The van der Waals surface area contributed by atoms with E-state index in [0.29, 0.717) is 5.02 Å². The van der Waals surface area contributed by atoms with Crippen LogP contribution < -0.4 is 11.1 Å². The summed E-state index contributed by atoms with van der Waals surface area (Å²) < 4.78 is 0. The molecule has 2 aromatic carbocycles. The summed E-state index contributed by atoms with van der Waals surface area (Å²) in [4.78, 5) is 4.16. The molecule has 0 spiro atoms. The molecule has 0 heterocycles. The number of nitrogens with two attached hydrogens (primary N) is 1. The Morgan fingerprint density at radius 3 is 2.35 bits per heavy atom. The van der Waals surface area contributed by atoms with Crippen LogP contribution in [0.5, 0.6) is 0 Å². The van der Waals surface area contributed by atoms with Crippen molar-refractivity contribution in [3.63, 3.8) is 0 Å². The molecule has 2 rings (SSSR count). The molecule has 124 valence electrons. The molecular weight excluding hydrogens is 425 g/mol. The molecule has 0 fully saturated rings. The first-order valence-electron chi connectivity index (χ1n) is 7.18. The zero-order valence-electron chi connectivity index (χ0n) is 12.9. The highest BCUT2D eigenvalue weighted by Gasteiger charge is 2.06. The summed E-state index contributed by atoms with van der Waals surface area (Å²) in [6.07, 6.45) is 0.289. The summed E-state index contributed by atoms with van der Waals surface area (Å²) >= 11 is 5.82. The first kappa shape index (κ1) is 19.7. The van der Waals surface area contributed by atoms with Crippen LogP contribution in [0, 0.1) is 0 Å². The number of hydrogen-bond acceptors (Lipinski definition) is 2. The van der Waals surface area contributed by atoms with E-state index in [-0.39, 0.29) is 36.5 Å². The van der Waals surface area contributed by atoms with E-state index in [2.05, 4.69) is 17.2 Å². The van der Waals surface area contributed by atoms with Crippen LogP contribution in [0.15, 0.2) is 53.5 Å². The van der Waals surface area contributed by atoms with Crippen LogP contribution in [-0.4, -0.2) is 17.6 Å². The molecule has 0 aliphatic carbocycles. The van der Waals surface area contributed by atoms with Gasteiger partial charge in [0, 0.05) is 10.7 Å². The van der Waals surface area contributed by atoms with E-state index < -0.39 is 6.10 Å². The molecule has 0 saturated carbocycles. The Kier molecular flexibility index (Phi) is 8.36. The lowest BCUT2D eigenvalue weighted by molar-refractivity contribution is 0.187. The second-order valence-corrected chi connectivity index (χ2v) is 5.41. The lowest BCUT2D eigenvalue weighted by Gasteiger charge is -2.10. The molecule has 0 saturated heterocycles. The fourth-order valence-electron chi connectivity index (χ4n) is 1.99. The molecule has 0 bridgehead atoms. The summed E-state index contributed by atoms with van der Waals surface area (Å²) in [5.41, 5.74) is 8.73. The van der Waals surface area contributed by atoms with Gasteiger partial charge >= 0.3 is 0 Å². The summed E-state index contributed by atoms with van der Waals surface area (Å²) in [7, 11) is 0. The summed E-state index contributed by atoms with van der Waals surface area (Å²) in [5, 5.41) is 13.7. The van der Waals surface area contributed by atoms with Crippen molar-refractivity contribution in [1.82, 2.24) is 0 Å². The zero-order valence-corrected chi connectivity index (χ0v) is 16.0. The highest BCUT2D eigenvalue weighted by Crippen LogP contribution is 2.16. The van der Waals surface area contributed by atoms with Gasteiger partial charge in [0.25, 0.3) is 0 Å². The first-order chi connectivity index (χ1) is 10.6. The van der Waals surface area contributed by atoms with Crippen LogP contribution in [0.3, 0.4) is 0 Å². The van der Waals surface area contributed by atoms with Crippen molar-refractivity contribution in [1.29, 1.82) is 0 Å². The van der Waals surface area contributed by atoms with E-state index in [9.17, 15) is 5.11 Å². The second kappa shape index (κ2) is 9.75. The van der Waals surface area contributed by atoms with Gasteiger partial charge in [-0.2, -0.15) is 0 Å². The SMILES string of the molecule is CCc1ccc(NC(N)=NCC(O)c2ccc(Cl)cc2)cc1.I. The molecule has 0 aromatic heterocycles. The summed E-state index contributed by atoms with van der Waals surface area (Å²) in [6.45, 7) is 2.30.